The highest BCUT2D eigenvalue weighted by molar-refractivity contribution is 7.98. The lowest BCUT2D eigenvalue weighted by molar-refractivity contribution is -0.923. The van der Waals surface area contributed by atoms with Gasteiger partial charge in [-0.3, -0.25) is 0 Å². The summed E-state index contributed by atoms with van der Waals surface area (Å²) < 4.78 is 1.28. The van der Waals surface area contributed by atoms with Gasteiger partial charge < -0.3 is 4.90 Å². The zero-order valence-corrected chi connectivity index (χ0v) is 14.8. The normalized spacial score (nSPS) is 14.1. The number of thioether (sulfide) groups is 1. The molecule has 0 aliphatic rings. The Hall–Kier alpha value is -1.36. The predicted molar refractivity (Wildman–Crippen MR) is 96.8 cm³/mol. The first-order valence-electron chi connectivity index (χ1n) is 7.48. The predicted octanol–water partition coefficient (Wildman–Crippen LogP) is 3.79. The number of rotatable bonds is 5. The van der Waals surface area contributed by atoms with E-state index in [-0.39, 0.29) is 0 Å². The molecule has 0 saturated carbocycles. The Kier molecular flexibility index (Phi) is 4.81. The van der Waals surface area contributed by atoms with E-state index in [1.807, 2.05) is 11.3 Å². The third kappa shape index (κ3) is 3.35. The van der Waals surface area contributed by atoms with E-state index in [2.05, 4.69) is 68.8 Å². The van der Waals surface area contributed by atoms with Gasteiger partial charge >= 0.3 is 0 Å². The number of fused-ring (bicyclic) bond motifs is 1. The fourth-order valence-corrected chi connectivity index (χ4v) is 4.02. The van der Waals surface area contributed by atoms with Gasteiger partial charge in [0.1, 0.15) is 12.6 Å². The minimum atomic E-state index is 0.401. The van der Waals surface area contributed by atoms with E-state index in [1.165, 1.54) is 25.1 Å². The van der Waals surface area contributed by atoms with Gasteiger partial charge in [0, 0.05) is 10.5 Å². The Balaban J connectivity index is 1.74. The van der Waals surface area contributed by atoms with Crippen molar-refractivity contribution < 1.29 is 4.90 Å². The fourth-order valence-electron chi connectivity index (χ4n) is 2.50. The number of thiazole rings is 1. The maximum Gasteiger partial charge on any atom is 0.151 e. The van der Waals surface area contributed by atoms with Crippen molar-refractivity contribution in [1.82, 2.24) is 4.98 Å². The van der Waals surface area contributed by atoms with E-state index in [4.69, 9.17) is 4.98 Å². The van der Waals surface area contributed by atoms with Gasteiger partial charge in [0.25, 0.3) is 0 Å². The Morgan fingerprint density at radius 2 is 1.86 bits per heavy atom. The molecule has 3 aromatic rings. The topological polar surface area (TPSA) is 17.3 Å². The molecule has 0 saturated heterocycles. The monoisotopic (exact) mass is 329 g/mol. The van der Waals surface area contributed by atoms with Crippen LogP contribution in [0.1, 0.15) is 23.5 Å². The van der Waals surface area contributed by atoms with Crippen LogP contribution in [0.5, 0.6) is 0 Å². The van der Waals surface area contributed by atoms with Crippen LogP contribution in [0.25, 0.3) is 10.2 Å². The van der Waals surface area contributed by atoms with Gasteiger partial charge in [-0.05, 0) is 37.4 Å². The third-order valence-corrected chi connectivity index (χ3v) is 6.02. The van der Waals surface area contributed by atoms with Crippen LogP contribution in [0.2, 0.25) is 0 Å². The molecule has 0 fully saturated rings. The van der Waals surface area contributed by atoms with Crippen LogP contribution < -0.4 is 4.90 Å². The Morgan fingerprint density at radius 3 is 2.55 bits per heavy atom. The van der Waals surface area contributed by atoms with Gasteiger partial charge in [0.05, 0.1) is 17.3 Å². The first kappa shape index (κ1) is 15.5. The summed E-state index contributed by atoms with van der Waals surface area (Å²) in [6, 6.07) is 17.7. The first-order valence-corrected chi connectivity index (χ1v) is 9.52. The summed E-state index contributed by atoms with van der Waals surface area (Å²) in [7, 11) is 2.25. The molecule has 0 radical (unpaired) electrons. The van der Waals surface area contributed by atoms with E-state index < -0.39 is 0 Å². The standard InChI is InChI=1S/C18H20N2S2/c1-13(18-19-16-6-4-5-7-17(16)22-18)20(2)12-14-8-10-15(21-3)11-9-14/h4-11,13H,12H2,1-3H3/p+1/t13-/m1/s1. The van der Waals surface area contributed by atoms with Gasteiger partial charge in [-0.25, -0.2) is 4.98 Å². The Morgan fingerprint density at radius 1 is 1.14 bits per heavy atom. The number of hydrogen-bond acceptors (Lipinski definition) is 3. The molecule has 0 aliphatic carbocycles. The highest BCUT2D eigenvalue weighted by atomic mass is 32.2. The van der Waals surface area contributed by atoms with Crippen LogP contribution in [-0.4, -0.2) is 18.3 Å². The van der Waals surface area contributed by atoms with Crippen molar-refractivity contribution in [1.29, 1.82) is 0 Å². The summed E-state index contributed by atoms with van der Waals surface area (Å²) in [6.45, 7) is 3.29. The maximum absolute atomic E-state index is 4.80. The second-order valence-corrected chi connectivity index (χ2v) is 7.55. The van der Waals surface area contributed by atoms with Crippen molar-refractivity contribution in [2.24, 2.45) is 0 Å². The molecule has 1 aromatic heterocycles. The van der Waals surface area contributed by atoms with Gasteiger partial charge in [-0.1, -0.05) is 24.3 Å². The van der Waals surface area contributed by atoms with Gasteiger partial charge in [-0.15, -0.1) is 23.1 Å². The molecule has 0 aliphatic heterocycles. The van der Waals surface area contributed by atoms with Crippen LogP contribution in [0.3, 0.4) is 0 Å². The number of benzene rings is 2. The molecule has 3 rings (SSSR count). The SMILES string of the molecule is CSc1ccc(C[NH+](C)[C@H](C)c2nc3ccccc3s2)cc1. The molecule has 114 valence electrons. The molecular weight excluding hydrogens is 308 g/mol. The van der Waals surface area contributed by atoms with Crippen molar-refractivity contribution in [2.75, 3.05) is 13.3 Å². The zero-order chi connectivity index (χ0) is 15.5. The van der Waals surface area contributed by atoms with Crippen LogP contribution in [-0.2, 0) is 6.54 Å². The van der Waals surface area contributed by atoms with Crippen molar-refractivity contribution in [3.05, 3.63) is 59.1 Å². The summed E-state index contributed by atoms with van der Waals surface area (Å²) in [5.41, 5.74) is 2.50. The number of aromatic nitrogens is 1. The number of nitrogens with one attached hydrogen (secondary N) is 1. The highest BCUT2D eigenvalue weighted by Gasteiger charge is 2.19. The fraction of sp³-hybridized carbons (Fsp3) is 0.278. The molecule has 1 unspecified atom stereocenters. The summed E-state index contributed by atoms with van der Waals surface area (Å²) in [6.07, 6.45) is 2.11. The molecule has 4 heteroatoms. The number of quaternary nitrogens is 1. The second-order valence-electron chi connectivity index (χ2n) is 5.61. The summed E-state index contributed by atoms with van der Waals surface area (Å²) in [5, 5.41) is 1.22. The maximum atomic E-state index is 4.80. The lowest BCUT2D eigenvalue weighted by Crippen LogP contribution is -3.07. The second kappa shape index (κ2) is 6.82. The average molecular weight is 330 g/mol. The van der Waals surface area contributed by atoms with Crippen molar-refractivity contribution in [3.63, 3.8) is 0 Å². The lowest BCUT2D eigenvalue weighted by Gasteiger charge is -2.20. The minimum absolute atomic E-state index is 0.401. The molecule has 0 bridgehead atoms. The summed E-state index contributed by atoms with van der Waals surface area (Å²) in [5.74, 6) is 0. The minimum Gasteiger partial charge on any atom is -0.326 e. The number of hydrogen-bond donors (Lipinski definition) is 1. The molecule has 2 nitrogen and oxygen atoms in total. The van der Waals surface area contributed by atoms with E-state index in [1.54, 1.807) is 11.8 Å². The van der Waals surface area contributed by atoms with Crippen LogP contribution in [0.4, 0.5) is 0 Å². The molecule has 2 atom stereocenters. The van der Waals surface area contributed by atoms with Gasteiger partial charge in [-0.2, -0.15) is 0 Å². The Labute approximate surface area is 140 Å². The summed E-state index contributed by atoms with van der Waals surface area (Å²) >= 11 is 3.60. The molecular formula is C18H21N2S2+. The zero-order valence-electron chi connectivity index (χ0n) is 13.2. The van der Waals surface area contributed by atoms with Crippen molar-refractivity contribution in [2.45, 2.75) is 24.4 Å². The van der Waals surface area contributed by atoms with Crippen LogP contribution in [0.15, 0.2) is 53.4 Å². The largest absolute Gasteiger partial charge is 0.326 e. The molecule has 1 heterocycles. The highest BCUT2D eigenvalue weighted by Crippen LogP contribution is 2.24. The lowest BCUT2D eigenvalue weighted by atomic mass is 10.2. The molecule has 22 heavy (non-hydrogen) atoms. The molecule has 0 spiro atoms. The molecule has 0 amide bonds. The number of para-hydroxylation sites is 1. The summed E-state index contributed by atoms with van der Waals surface area (Å²) in [4.78, 5) is 7.59. The quantitative estimate of drug-likeness (QED) is 0.717. The van der Waals surface area contributed by atoms with E-state index >= 15 is 0 Å². The molecule has 1 N–H and O–H groups in total. The van der Waals surface area contributed by atoms with Gasteiger partial charge in [0.2, 0.25) is 0 Å². The first-order chi connectivity index (χ1) is 10.7. The van der Waals surface area contributed by atoms with E-state index in [9.17, 15) is 0 Å². The van der Waals surface area contributed by atoms with Crippen LogP contribution in [0, 0.1) is 0 Å². The van der Waals surface area contributed by atoms with Crippen molar-refractivity contribution >= 4 is 33.3 Å². The number of nitrogens with zero attached hydrogens (tertiary/aromatic N) is 1. The van der Waals surface area contributed by atoms with E-state index in [0.29, 0.717) is 6.04 Å². The van der Waals surface area contributed by atoms with Gasteiger partial charge in [0.15, 0.2) is 5.01 Å². The molecule has 2 aromatic carbocycles. The van der Waals surface area contributed by atoms with E-state index in [0.717, 1.165) is 12.1 Å². The van der Waals surface area contributed by atoms with Crippen molar-refractivity contribution in [3.8, 4) is 0 Å². The third-order valence-electron chi connectivity index (χ3n) is 4.06. The van der Waals surface area contributed by atoms with Crippen LogP contribution >= 0.6 is 23.1 Å². The smallest absolute Gasteiger partial charge is 0.151 e. The average Bonchev–Trinajstić information content (AvgIpc) is 2.98. The Bertz CT molecular complexity index is 716.